The average molecular weight is 278 g/mol. The highest BCUT2D eigenvalue weighted by Crippen LogP contribution is 2.23. The molecule has 1 aliphatic rings. The van der Waals surface area contributed by atoms with E-state index < -0.39 is 5.60 Å². The van der Waals surface area contributed by atoms with Crippen molar-refractivity contribution in [3.63, 3.8) is 0 Å². The summed E-state index contributed by atoms with van der Waals surface area (Å²) in [6, 6.07) is 1.94. The van der Waals surface area contributed by atoms with Gasteiger partial charge >= 0.3 is 0 Å². The van der Waals surface area contributed by atoms with Crippen molar-refractivity contribution in [1.82, 2.24) is 14.9 Å². The fourth-order valence-electron chi connectivity index (χ4n) is 2.49. The summed E-state index contributed by atoms with van der Waals surface area (Å²) < 4.78 is 5.71. The van der Waals surface area contributed by atoms with Gasteiger partial charge in [0.05, 0.1) is 13.2 Å². The van der Waals surface area contributed by atoms with Crippen molar-refractivity contribution in [2.24, 2.45) is 0 Å². The van der Waals surface area contributed by atoms with Gasteiger partial charge in [0.15, 0.2) is 5.60 Å². The van der Waals surface area contributed by atoms with Crippen molar-refractivity contribution in [2.45, 2.75) is 26.4 Å². The number of aryl methyl sites for hydroxylation is 2. The third kappa shape index (κ3) is 2.90. The van der Waals surface area contributed by atoms with Crippen LogP contribution in [0.25, 0.3) is 0 Å². The van der Waals surface area contributed by atoms with Crippen LogP contribution in [0.1, 0.15) is 18.3 Å². The molecule has 0 N–H and O–H groups in total. The molecule has 0 spiro atoms. The molecule has 1 aliphatic heterocycles. The van der Waals surface area contributed by atoms with E-state index in [4.69, 9.17) is 4.74 Å². The number of rotatable bonds is 2. The van der Waals surface area contributed by atoms with Gasteiger partial charge in [0.2, 0.25) is 5.95 Å². The molecule has 1 fully saturated rings. The van der Waals surface area contributed by atoms with Gasteiger partial charge in [-0.1, -0.05) is 0 Å². The van der Waals surface area contributed by atoms with Crippen LogP contribution in [0.3, 0.4) is 0 Å². The molecular formula is C14H22N4O2. The van der Waals surface area contributed by atoms with Gasteiger partial charge in [-0.05, 0) is 26.8 Å². The molecule has 0 unspecified atom stereocenters. The Labute approximate surface area is 119 Å². The average Bonchev–Trinajstić information content (AvgIpc) is 2.36. The maximum absolute atomic E-state index is 12.3. The molecule has 1 atom stereocenters. The summed E-state index contributed by atoms with van der Waals surface area (Å²) in [5, 5.41) is 0. The van der Waals surface area contributed by atoms with Gasteiger partial charge in [-0.2, -0.15) is 0 Å². The second-order valence-corrected chi connectivity index (χ2v) is 5.65. The topological polar surface area (TPSA) is 58.6 Å². The van der Waals surface area contributed by atoms with Crippen LogP contribution in [0.2, 0.25) is 0 Å². The minimum atomic E-state index is -0.844. The fourth-order valence-corrected chi connectivity index (χ4v) is 2.49. The molecule has 1 saturated heterocycles. The Morgan fingerprint density at radius 2 is 1.95 bits per heavy atom. The number of amides is 1. The molecule has 20 heavy (non-hydrogen) atoms. The highest BCUT2D eigenvalue weighted by atomic mass is 16.5. The van der Waals surface area contributed by atoms with Gasteiger partial charge < -0.3 is 14.5 Å². The number of aromatic nitrogens is 2. The number of nitrogens with zero attached hydrogens (tertiary/aromatic N) is 4. The molecule has 0 radical (unpaired) electrons. The van der Waals surface area contributed by atoms with Gasteiger partial charge in [0, 0.05) is 32.0 Å². The summed E-state index contributed by atoms with van der Waals surface area (Å²) in [7, 11) is 3.48. The van der Waals surface area contributed by atoms with E-state index in [0.717, 1.165) is 11.4 Å². The van der Waals surface area contributed by atoms with Crippen molar-refractivity contribution in [3.05, 3.63) is 17.5 Å². The minimum absolute atomic E-state index is 0.0356. The largest absolute Gasteiger partial charge is 0.362 e. The van der Waals surface area contributed by atoms with Gasteiger partial charge in [0.25, 0.3) is 5.91 Å². The molecule has 1 aromatic rings. The molecule has 0 aliphatic carbocycles. The number of morpholine rings is 1. The van der Waals surface area contributed by atoms with E-state index in [1.807, 2.05) is 31.7 Å². The highest BCUT2D eigenvalue weighted by molar-refractivity contribution is 5.85. The Bertz CT molecular complexity index is 498. The van der Waals surface area contributed by atoms with E-state index in [1.165, 1.54) is 0 Å². The number of hydrogen-bond donors (Lipinski definition) is 0. The number of carbonyl (C=O) groups excluding carboxylic acids is 1. The number of hydrogen-bond acceptors (Lipinski definition) is 5. The Morgan fingerprint density at radius 1 is 1.35 bits per heavy atom. The zero-order valence-corrected chi connectivity index (χ0v) is 12.8. The molecule has 0 saturated carbocycles. The summed E-state index contributed by atoms with van der Waals surface area (Å²) in [6.07, 6.45) is 0. The summed E-state index contributed by atoms with van der Waals surface area (Å²) in [5.74, 6) is 0.634. The molecule has 0 aromatic carbocycles. The predicted molar refractivity (Wildman–Crippen MR) is 76.8 cm³/mol. The first kappa shape index (κ1) is 14.7. The molecule has 1 amide bonds. The van der Waals surface area contributed by atoms with E-state index >= 15 is 0 Å². The molecule has 2 rings (SSSR count). The van der Waals surface area contributed by atoms with Crippen LogP contribution in [0.15, 0.2) is 6.07 Å². The van der Waals surface area contributed by atoms with Crippen molar-refractivity contribution >= 4 is 11.9 Å². The zero-order chi connectivity index (χ0) is 14.9. The molecule has 2 heterocycles. The SMILES string of the molecule is Cc1cc(C)nc(N2CCO[C@@](C)(C(=O)N(C)C)C2)n1. The summed E-state index contributed by atoms with van der Waals surface area (Å²) in [6.45, 7) is 7.37. The van der Waals surface area contributed by atoms with Crippen molar-refractivity contribution in [3.8, 4) is 0 Å². The first-order chi connectivity index (χ1) is 9.32. The van der Waals surface area contributed by atoms with Crippen molar-refractivity contribution < 1.29 is 9.53 Å². The summed E-state index contributed by atoms with van der Waals surface area (Å²) in [5.41, 5.74) is 1.02. The van der Waals surface area contributed by atoms with Gasteiger partial charge in [0.1, 0.15) is 0 Å². The molecule has 6 nitrogen and oxygen atoms in total. The number of carbonyl (C=O) groups is 1. The first-order valence-corrected chi connectivity index (χ1v) is 6.75. The van der Waals surface area contributed by atoms with Crippen LogP contribution in [0.5, 0.6) is 0 Å². The maximum atomic E-state index is 12.3. The zero-order valence-electron chi connectivity index (χ0n) is 12.8. The lowest BCUT2D eigenvalue weighted by Gasteiger charge is -2.40. The lowest BCUT2D eigenvalue weighted by atomic mass is 10.0. The molecule has 1 aromatic heterocycles. The smallest absolute Gasteiger partial charge is 0.255 e. The van der Waals surface area contributed by atoms with Crippen LogP contribution >= 0.6 is 0 Å². The van der Waals surface area contributed by atoms with Gasteiger partial charge in [-0.25, -0.2) is 9.97 Å². The quantitative estimate of drug-likeness (QED) is 0.800. The Morgan fingerprint density at radius 3 is 2.50 bits per heavy atom. The van der Waals surface area contributed by atoms with Crippen molar-refractivity contribution in [2.75, 3.05) is 38.7 Å². The number of ether oxygens (including phenoxy) is 1. The molecular weight excluding hydrogens is 256 g/mol. The lowest BCUT2D eigenvalue weighted by molar-refractivity contribution is -0.155. The first-order valence-electron chi connectivity index (χ1n) is 6.75. The van der Waals surface area contributed by atoms with Gasteiger partial charge in [-0.3, -0.25) is 4.79 Å². The van der Waals surface area contributed by atoms with Crippen LogP contribution in [-0.2, 0) is 9.53 Å². The Hall–Kier alpha value is -1.69. The number of likely N-dealkylation sites (N-methyl/N-ethyl adjacent to an activating group) is 1. The van der Waals surface area contributed by atoms with Crippen LogP contribution < -0.4 is 4.90 Å². The van der Waals surface area contributed by atoms with Crippen LogP contribution in [0, 0.1) is 13.8 Å². The second kappa shape index (κ2) is 5.36. The van der Waals surface area contributed by atoms with Gasteiger partial charge in [-0.15, -0.1) is 0 Å². The molecule has 0 bridgehead atoms. The van der Waals surface area contributed by atoms with Crippen molar-refractivity contribution in [1.29, 1.82) is 0 Å². The summed E-state index contributed by atoms with van der Waals surface area (Å²) in [4.78, 5) is 24.8. The van der Waals surface area contributed by atoms with E-state index in [1.54, 1.807) is 19.0 Å². The second-order valence-electron chi connectivity index (χ2n) is 5.65. The molecule has 110 valence electrons. The lowest BCUT2D eigenvalue weighted by Crippen LogP contribution is -2.58. The minimum Gasteiger partial charge on any atom is -0.362 e. The predicted octanol–water partition coefficient (Wildman–Crippen LogP) is 0.777. The third-order valence-corrected chi connectivity index (χ3v) is 3.39. The summed E-state index contributed by atoms with van der Waals surface area (Å²) >= 11 is 0. The van der Waals surface area contributed by atoms with E-state index in [9.17, 15) is 4.79 Å². The fraction of sp³-hybridized carbons (Fsp3) is 0.643. The monoisotopic (exact) mass is 278 g/mol. The standard InChI is InChI=1S/C14H22N4O2/c1-10-8-11(2)16-13(15-10)18-6-7-20-14(3,9-18)12(19)17(4)5/h8H,6-7,9H2,1-5H3/t14-/m1/s1. The highest BCUT2D eigenvalue weighted by Gasteiger charge is 2.41. The van der Waals surface area contributed by atoms with E-state index in [-0.39, 0.29) is 5.91 Å². The van der Waals surface area contributed by atoms with E-state index in [0.29, 0.717) is 25.6 Å². The van der Waals surface area contributed by atoms with Crippen LogP contribution in [0.4, 0.5) is 5.95 Å². The normalized spacial score (nSPS) is 22.8. The maximum Gasteiger partial charge on any atom is 0.255 e. The van der Waals surface area contributed by atoms with Crippen LogP contribution in [-0.4, -0.2) is 60.2 Å². The Balaban J connectivity index is 2.24. The molecule has 6 heteroatoms. The Kier molecular flexibility index (Phi) is 3.94. The third-order valence-electron chi connectivity index (χ3n) is 3.39. The number of anilines is 1. The van der Waals surface area contributed by atoms with E-state index in [2.05, 4.69) is 9.97 Å².